The lowest BCUT2D eigenvalue weighted by molar-refractivity contribution is -0.155. The Hall–Kier alpha value is -6.33. The minimum atomic E-state index is -1.20. The summed E-state index contributed by atoms with van der Waals surface area (Å²) in [6.45, 7) is 17.5. The number of carbonyl (C=O) groups is 6. The van der Waals surface area contributed by atoms with Crippen molar-refractivity contribution in [2.45, 2.75) is 130 Å². The summed E-state index contributed by atoms with van der Waals surface area (Å²) in [5.41, 5.74) is 9.91. The zero-order valence-corrected chi connectivity index (χ0v) is 42.5. The second-order valence-electron chi connectivity index (χ2n) is 20.9. The lowest BCUT2D eigenvalue weighted by Crippen LogP contribution is -2.62. The molecule has 4 aromatic rings. The Balaban J connectivity index is 1.12. The van der Waals surface area contributed by atoms with Crippen molar-refractivity contribution < 1.29 is 48.1 Å². The van der Waals surface area contributed by atoms with E-state index < -0.39 is 71.3 Å². The number of esters is 2. The van der Waals surface area contributed by atoms with Gasteiger partial charge in [0.1, 0.15) is 23.9 Å². The molecule has 6 heterocycles. The molecule has 3 saturated heterocycles. The van der Waals surface area contributed by atoms with Crippen LogP contribution >= 0.6 is 0 Å². The summed E-state index contributed by atoms with van der Waals surface area (Å²) in [5, 5.41) is 16.8. The molecule has 2 aromatic carbocycles. The number of hydrazine groups is 1. The summed E-state index contributed by atoms with van der Waals surface area (Å²) in [6.07, 6.45) is 1.72. The Kier molecular flexibility index (Phi) is 14.9. The highest BCUT2D eigenvalue weighted by Crippen LogP contribution is 2.42. The summed E-state index contributed by atoms with van der Waals surface area (Å²) in [4.78, 5) is 90.7. The van der Waals surface area contributed by atoms with Gasteiger partial charge in [0.25, 0.3) is 11.8 Å². The number of benzene rings is 2. The van der Waals surface area contributed by atoms with E-state index in [-0.39, 0.29) is 62.8 Å². The van der Waals surface area contributed by atoms with Gasteiger partial charge in [0.05, 0.1) is 30.5 Å². The molecule has 6 bridgehead atoms. The molecule has 71 heavy (non-hydrogen) atoms. The summed E-state index contributed by atoms with van der Waals surface area (Å²) >= 11 is 0. The van der Waals surface area contributed by atoms with Gasteiger partial charge in [0.15, 0.2) is 12.2 Å². The van der Waals surface area contributed by atoms with Crippen molar-refractivity contribution in [2.24, 2.45) is 17.3 Å². The van der Waals surface area contributed by atoms with Gasteiger partial charge < -0.3 is 39.0 Å². The van der Waals surface area contributed by atoms with Gasteiger partial charge in [-0.1, -0.05) is 53.7 Å². The molecule has 3 fully saturated rings. The molecule has 0 unspecified atom stereocenters. The molecule has 2 aromatic heterocycles. The molecular weight excluding hydrogens is 907 g/mol. The van der Waals surface area contributed by atoms with Crippen molar-refractivity contribution in [3.05, 3.63) is 71.5 Å². The maximum Gasteiger partial charge on any atom is 0.338 e. The van der Waals surface area contributed by atoms with Crippen LogP contribution in [0.1, 0.15) is 97.4 Å². The van der Waals surface area contributed by atoms with E-state index in [2.05, 4.69) is 68.1 Å². The lowest BCUT2D eigenvalue weighted by Gasteiger charge is -2.37. The Morgan fingerprint density at radius 3 is 2.49 bits per heavy atom. The quantitative estimate of drug-likeness (QED) is 0.125. The van der Waals surface area contributed by atoms with E-state index in [1.807, 2.05) is 38.2 Å². The van der Waals surface area contributed by atoms with Crippen LogP contribution in [0.15, 0.2) is 54.7 Å². The molecule has 0 spiro atoms. The number of likely N-dealkylation sites (N-methyl/N-ethyl adjacent to an activating group) is 1. The first-order valence-electron chi connectivity index (χ1n) is 25.2. The van der Waals surface area contributed by atoms with Crippen molar-refractivity contribution in [2.75, 3.05) is 39.9 Å². The Morgan fingerprint density at radius 1 is 1.00 bits per heavy atom. The number of amides is 4. The van der Waals surface area contributed by atoms with E-state index in [0.717, 1.165) is 39.0 Å². The molecule has 4 aliphatic rings. The van der Waals surface area contributed by atoms with Gasteiger partial charge in [-0.25, -0.2) is 10.2 Å². The third-order valence-electron chi connectivity index (χ3n) is 14.3. The predicted octanol–water partition coefficient (Wildman–Crippen LogP) is 5.53. The second-order valence-corrected chi connectivity index (χ2v) is 20.9. The first-order valence-corrected chi connectivity index (χ1v) is 25.2. The van der Waals surface area contributed by atoms with E-state index in [0.29, 0.717) is 43.4 Å². The normalized spacial score (nSPS) is 22.8. The van der Waals surface area contributed by atoms with Gasteiger partial charge in [-0.3, -0.25) is 34.0 Å². The minimum absolute atomic E-state index is 0.0207. The van der Waals surface area contributed by atoms with Crippen LogP contribution in [0.5, 0.6) is 5.75 Å². The highest BCUT2D eigenvalue weighted by atomic mass is 16.6. The van der Waals surface area contributed by atoms with Gasteiger partial charge in [0, 0.05) is 67.7 Å². The van der Waals surface area contributed by atoms with Crippen molar-refractivity contribution in [1.82, 2.24) is 35.1 Å². The predicted molar refractivity (Wildman–Crippen MR) is 265 cm³/mol. The van der Waals surface area contributed by atoms with Gasteiger partial charge in [0.2, 0.25) is 11.8 Å². The molecule has 0 saturated carbocycles. The van der Waals surface area contributed by atoms with Crippen molar-refractivity contribution >= 4 is 46.5 Å². The third-order valence-corrected chi connectivity index (χ3v) is 14.3. The molecule has 4 amide bonds. The molecule has 6 atom stereocenters. The van der Waals surface area contributed by atoms with Crippen LogP contribution in [0.3, 0.4) is 0 Å². The van der Waals surface area contributed by atoms with Crippen LogP contribution in [0.2, 0.25) is 0 Å². The number of likely N-dealkylation sites (tertiary alicyclic amines) is 1. The van der Waals surface area contributed by atoms with Crippen LogP contribution in [-0.2, 0) is 62.4 Å². The van der Waals surface area contributed by atoms with Gasteiger partial charge in [-0.15, -0.1) is 0 Å². The molecule has 17 heteroatoms. The van der Waals surface area contributed by atoms with Crippen molar-refractivity contribution in [1.29, 1.82) is 0 Å². The average molecular weight is 976 g/mol. The number of hydrogen-bond donors (Lipinski definition) is 3. The van der Waals surface area contributed by atoms with Gasteiger partial charge in [-0.2, -0.15) is 0 Å². The maximum absolute atomic E-state index is 14.8. The number of epoxide rings is 1. The van der Waals surface area contributed by atoms with E-state index in [9.17, 15) is 33.9 Å². The van der Waals surface area contributed by atoms with E-state index in [1.54, 1.807) is 26.1 Å². The first-order chi connectivity index (χ1) is 33.8. The summed E-state index contributed by atoms with van der Waals surface area (Å²) in [6, 6.07) is 12.5. The zero-order valence-electron chi connectivity index (χ0n) is 42.5. The van der Waals surface area contributed by atoms with Gasteiger partial charge in [-0.05, 0) is 110 Å². The number of ether oxygens (including phenoxy) is 3. The summed E-state index contributed by atoms with van der Waals surface area (Å²) in [7, 11) is 1.55. The number of hydrogen-bond acceptors (Lipinski definition) is 12. The van der Waals surface area contributed by atoms with Crippen molar-refractivity contribution in [3.63, 3.8) is 0 Å². The summed E-state index contributed by atoms with van der Waals surface area (Å²) in [5.74, 6) is -3.76. The first kappa shape index (κ1) is 51.0. The lowest BCUT2D eigenvalue weighted by atomic mass is 9.83. The SMILES string of the molecule is CCOC(=O)[C@H]1O[C@@H]1C(=O)N1CC[C@H](C(=O)N(C)[C@H](C(=O)N[C@H]2Cc3cc(O)cc(c3)-c3ccc4c(c3)c(c(-c3cccnc3C(C)C)n4CC)CC(C)(C)COC(=O)[C@@H]3CCCN(N3)C2=O)C(C)C)C1. The fraction of sp³-hybridized carbons (Fsp3) is 0.537. The minimum Gasteiger partial charge on any atom is -0.508 e. The summed E-state index contributed by atoms with van der Waals surface area (Å²) < 4.78 is 18.8. The smallest absolute Gasteiger partial charge is 0.338 e. The van der Waals surface area contributed by atoms with Crippen LogP contribution in [0.25, 0.3) is 33.3 Å². The number of nitrogens with one attached hydrogen (secondary N) is 2. The fourth-order valence-corrected chi connectivity index (χ4v) is 10.7. The number of phenolic OH excluding ortho intramolecular Hbond substituents is 1. The number of fused-ring (bicyclic) bond motifs is 6. The number of phenols is 1. The molecular formula is C54H69N7O10. The van der Waals surface area contributed by atoms with Crippen LogP contribution < -0.4 is 10.7 Å². The fourth-order valence-electron chi connectivity index (χ4n) is 10.7. The molecule has 4 aliphatic heterocycles. The highest BCUT2D eigenvalue weighted by molar-refractivity contribution is 5.97. The van der Waals surface area contributed by atoms with E-state index in [1.165, 1.54) is 14.8 Å². The number of aryl methyl sites for hydroxylation is 1. The number of pyridine rings is 1. The number of aromatic hydroxyl groups is 1. The Bertz CT molecular complexity index is 2710. The number of cyclic esters (lactones) is 1. The maximum atomic E-state index is 14.8. The number of carbonyl (C=O) groups excluding carboxylic acids is 6. The second kappa shape index (κ2) is 20.8. The molecule has 0 radical (unpaired) electrons. The zero-order chi connectivity index (χ0) is 51.1. The molecule has 8 rings (SSSR count). The molecule has 3 N–H and O–H groups in total. The number of nitrogens with zero attached hydrogens (tertiary/aromatic N) is 5. The van der Waals surface area contributed by atoms with Crippen molar-refractivity contribution in [3.8, 4) is 28.1 Å². The number of aromatic nitrogens is 2. The third kappa shape index (κ3) is 10.7. The molecule has 0 aliphatic carbocycles. The van der Waals surface area contributed by atoms with Crippen LogP contribution in [0, 0.1) is 17.3 Å². The van der Waals surface area contributed by atoms with E-state index in [4.69, 9.17) is 19.2 Å². The molecule has 380 valence electrons. The monoisotopic (exact) mass is 976 g/mol. The van der Waals surface area contributed by atoms with E-state index >= 15 is 0 Å². The molecule has 17 nitrogen and oxygen atoms in total. The Morgan fingerprint density at radius 2 is 1.77 bits per heavy atom. The largest absolute Gasteiger partial charge is 0.508 e. The highest BCUT2D eigenvalue weighted by Gasteiger charge is 2.54. The Labute approximate surface area is 415 Å². The van der Waals surface area contributed by atoms with Crippen LogP contribution in [-0.4, -0.2) is 135 Å². The number of rotatable bonds is 11. The average Bonchev–Trinajstić information content (AvgIpc) is 3.89. The topological polar surface area (TPSA) is 205 Å². The van der Waals surface area contributed by atoms with Crippen LogP contribution in [0.4, 0.5) is 0 Å². The standard InChI is InChI=1S/C54H69N7O10/c1-10-60-42-17-16-33-26-38(42)39(45(60)37-14-12-19-55-43(37)30(3)4)27-54(7,8)29-70-52(67)40-15-13-20-61(57-40)50(65)41(24-32-22-35(33)25-36(62)23-32)56-48(63)44(31(5)6)58(9)49(64)34-18-21-59(28-34)51(66)46-47(71-46)53(68)69-11-2/h12,14,16-17,19,22-23,25-26,30-31,34,40-41,44,46-47,57,62H,10-11,13,15,18,20-21,24,27-29H2,1-9H3,(H,56,63)/t34-,40-,41-,44-,46-,47-/m0/s1. The van der Waals surface area contributed by atoms with Gasteiger partial charge >= 0.3 is 11.9 Å².